The quantitative estimate of drug-likeness (QED) is 0.0842. The molecule has 0 spiro atoms. The standard InChI is InChI=1S/C30H64P2/c1-6-10-14-18-22-26-31(27-23-19-15-11-7-2)30(5)32(28-24-20-16-12-8-3)29-25-21-17-13-9-4/h30H,6-29H2,1-5H3. The number of hydrogen-bond acceptors (Lipinski definition) is 0. The van der Waals surface area contributed by atoms with Crippen molar-refractivity contribution in [2.24, 2.45) is 0 Å². The Bertz CT molecular complexity index is 284. The number of rotatable bonds is 26. The minimum Gasteiger partial charge on any atom is -0.0994 e. The molecule has 0 nitrogen and oxygen atoms in total. The molecule has 0 fully saturated rings. The summed E-state index contributed by atoms with van der Waals surface area (Å²) in [6.45, 7) is 12.1. The molecule has 0 aliphatic carbocycles. The first-order valence-electron chi connectivity index (χ1n) is 15.2. The predicted octanol–water partition coefficient (Wildman–Crippen LogP) is 12.2. The lowest BCUT2D eigenvalue weighted by molar-refractivity contribution is 0.650. The maximum Gasteiger partial charge on any atom is -0.00342 e. The van der Waals surface area contributed by atoms with Gasteiger partial charge in [-0.2, -0.15) is 0 Å². The van der Waals surface area contributed by atoms with Gasteiger partial charge in [0.05, 0.1) is 0 Å². The molecule has 0 aliphatic heterocycles. The highest BCUT2D eigenvalue weighted by Crippen LogP contribution is 2.59. The van der Waals surface area contributed by atoms with Gasteiger partial charge in [-0.05, 0) is 55.7 Å². The van der Waals surface area contributed by atoms with Gasteiger partial charge in [-0.15, -0.1) is 0 Å². The molecule has 2 heteroatoms. The van der Waals surface area contributed by atoms with E-state index in [0.29, 0.717) is 0 Å². The fraction of sp³-hybridized carbons (Fsp3) is 1.00. The van der Waals surface area contributed by atoms with Crippen molar-refractivity contribution >= 4 is 15.8 Å². The number of unbranched alkanes of at least 4 members (excludes halogenated alkanes) is 16. The molecule has 0 aromatic rings. The summed E-state index contributed by atoms with van der Waals surface area (Å²) in [5, 5.41) is 1.08. The highest BCUT2D eigenvalue weighted by Gasteiger charge is 2.24. The smallest absolute Gasteiger partial charge is 0.00342 e. The summed E-state index contributed by atoms with van der Waals surface area (Å²) < 4.78 is 0. The summed E-state index contributed by atoms with van der Waals surface area (Å²) in [7, 11) is 0.542. The molecule has 0 rings (SSSR count). The molecule has 194 valence electrons. The molecule has 0 aliphatic rings. The zero-order chi connectivity index (χ0) is 23.7. The molecule has 0 bridgehead atoms. The Morgan fingerprint density at radius 3 is 0.781 bits per heavy atom. The van der Waals surface area contributed by atoms with Crippen molar-refractivity contribution in [3.63, 3.8) is 0 Å². The molecule has 0 amide bonds. The summed E-state index contributed by atoms with van der Waals surface area (Å²) in [5.41, 5.74) is 0. The largest absolute Gasteiger partial charge is 0.0994 e. The second kappa shape index (κ2) is 26.5. The minimum absolute atomic E-state index is 0.271. The average molecular weight is 487 g/mol. The van der Waals surface area contributed by atoms with Crippen LogP contribution in [0.2, 0.25) is 0 Å². The lowest BCUT2D eigenvalue weighted by Gasteiger charge is -2.33. The van der Waals surface area contributed by atoms with Gasteiger partial charge in [0.15, 0.2) is 0 Å². The molecule has 0 atom stereocenters. The fourth-order valence-corrected chi connectivity index (χ4v) is 12.6. The molecule has 0 heterocycles. The zero-order valence-corrected chi connectivity index (χ0v) is 25.2. The molecule has 0 unspecified atom stereocenters. The van der Waals surface area contributed by atoms with Gasteiger partial charge in [-0.3, -0.25) is 0 Å². The van der Waals surface area contributed by atoms with Gasteiger partial charge in [0, 0.05) is 0 Å². The van der Waals surface area contributed by atoms with Crippen molar-refractivity contribution in [1.29, 1.82) is 0 Å². The van der Waals surface area contributed by atoms with Crippen LogP contribution in [0.15, 0.2) is 0 Å². The van der Waals surface area contributed by atoms with Crippen LogP contribution in [0.4, 0.5) is 0 Å². The zero-order valence-electron chi connectivity index (χ0n) is 23.4. The van der Waals surface area contributed by atoms with Crippen molar-refractivity contribution in [2.75, 3.05) is 24.6 Å². The van der Waals surface area contributed by atoms with Crippen LogP contribution in [0.5, 0.6) is 0 Å². The molecular weight excluding hydrogens is 422 g/mol. The van der Waals surface area contributed by atoms with Crippen LogP contribution in [0.3, 0.4) is 0 Å². The predicted molar refractivity (Wildman–Crippen MR) is 158 cm³/mol. The van der Waals surface area contributed by atoms with Gasteiger partial charge in [-0.1, -0.05) is 153 Å². The maximum atomic E-state index is 2.73. The van der Waals surface area contributed by atoms with Crippen molar-refractivity contribution in [3.05, 3.63) is 0 Å². The highest BCUT2D eigenvalue weighted by molar-refractivity contribution is 7.75. The van der Waals surface area contributed by atoms with E-state index in [1.807, 2.05) is 0 Å². The Hall–Kier alpha value is 0.860. The van der Waals surface area contributed by atoms with Gasteiger partial charge < -0.3 is 0 Å². The normalized spacial score (nSPS) is 12.0. The van der Waals surface area contributed by atoms with E-state index in [9.17, 15) is 0 Å². The van der Waals surface area contributed by atoms with Crippen LogP contribution in [-0.2, 0) is 0 Å². The molecule has 32 heavy (non-hydrogen) atoms. The third-order valence-electron chi connectivity index (χ3n) is 7.25. The minimum atomic E-state index is 0.271. The Balaban J connectivity index is 4.76. The summed E-state index contributed by atoms with van der Waals surface area (Å²) in [6, 6.07) is 0. The van der Waals surface area contributed by atoms with Gasteiger partial charge in [-0.25, -0.2) is 0 Å². The highest BCUT2D eigenvalue weighted by atomic mass is 31.2. The summed E-state index contributed by atoms with van der Waals surface area (Å²) in [5.74, 6) is 0. The Morgan fingerprint density at radius 1 is 0.344 bits per heavy atom. The second-order valence-electron chi connectivity index (χ2n) is 10.4. The van der Waals surface area contributed by atoms with E-state index in [4.69, 9.17) is 0 Å². The Kier molecular flexibility index (Phi) is 27.2. The van der Waals surface area contributed by atoms with E-state index >= 15 is 0 Å². The van der Waals surface area contributed by atoms with Crippen LogP contribution in [0.1, 0.15) is 163 Å². The summed E-state index contributed by atoms with van der Waals surface area (Å²) in [6.07, 6.45) is 35.7. The van der Waals surface area contributed by atoms with Gasteiger partial charge >= 0.3 is 0 Å². The lowest BCUT2D eigenvalue weighted by Crippen LogP contribution is -2.09. The van der Waals surface area contributed by atoms with Crippen LogP contribution in [0, 0.1) is 0 Å². The molecule has 0 saturated heterocycles. The second-order valence-corrected chi connectivity index (χ2v) is 16.5. The first-order valence-corrected chi connectivity index (χ1v) is 18.7. The molecular formula is C30H64P2. The van der Waals surface area contributed by atoms with E-state index in [1.165, 1.54) is 128 Å². The van der Waals surface area contributed by atoms with Crippen LogP contribution in [0.25, 0.3) is 0 Å². The maximum absolute atomic E-state index is 2.73. The van der Waals surface area contributed by atoms with Crippen molar-refractivity contribution in [3.8, 4) is 0 Å². The van der Waals surface area contributed by atoms with E-state index in [0.717, 1.165) is 5.40 Å². The lowest BCUT2D eigenvalue weighted by atomic mass is 10.2. The van der Waals surface area contributed by atoms with Gasteiger partial charge in [0.25, 0.3) is 0 Å². The monoisotopic (exact) mass is 486 g/mol. The molecule has 0 aromatic heterocycles. The topological polar surface area (TPSA) is 0 Å². The first kappa shape index (κ1) is 32.9. The Labute approximate surface area is 208 Å². The van der Waals surface area contributed by atoms with Crippen LogP contribution >= 0.6 is 15.8 Å². The van der Waals surface area contributed by atoms with Crippen LogP contribution in [-0.4, -0.2) is 30.0 Å². The third kappa shape index (κ3) is 20.3. The van der Waals surface area contributed by atoms with Gasteiger partial charge in [0.2, 0.25) is 0 Å². The average Bonchev–Trinajstić information content (AvgIpc) is 2.80. The Morgan fingerprint density at radius 2 is 0.562 bits per heavy atom. The van der Waals surface area contributed by atoms with E-state index in [-0.39, 0.29) is 15.8 Å². The van der Waals surface area contributed by atoms with E-state index < -0.39 is 0 Å². The fourth-order valence-electron chi connectivity index (χ4n) is 4.88. The van der Waals surface area contributed by atoms with Gasteiger partial charge in [0.1, 0.15) is 0 Å². The van der Waals surface area contributed by atoms with E-state index in [1.54, 1.807) is 24.6 Å². The summed E-state index contributed by atoms with van der Waals surface area (Å²) >= 11 is 0. The van der Waals surface area contributed by atoms with Crippen LogP contribution < -0.4 is 0 Å². The summed E-state index contributed by atoms with van der Waals surface area (Å²) in [4.78, 5) is 0. The third-order valence-corrected chi connectivity index (χ3v) is 14.9. The van der Waals surface area contributed by atoms with E-state index in [2.05, 4.69) is 34.6 Å². The van der Waals surface area contributed by atoms with Crippen molar-refractivity contribution in [1.82, 2.24) is 0 Å². The number of hydrogen-bond donors (Lipinski definition) is 0. The first-order chi connectivity index (χ1) is 15.7. The SMILES string of the molecule is CCCCCCCP(CCCCCCC)C(C)P(CCCCCCC)CCCCCCC. The molecule has 0 N–H and O–H groups in total. The van der Waals surface area contributed by atoms with Crippen molar-refractivity contribution < 1.29 is 0 Å². The molecule has 0 saturated carbocycles. The van der Waals surface area contributed by atoms with Crippen molar-refractivity contribution in [2.45, 2.75) is 168 Å². The molecule has 0 radical (unpaired) electrons. The molecule has 0 aromatic carbocycles.